The molecule has 0 aliphatic rings. The minimum atomic E-state index is 0.192. The molecule has 0 amide bonds. The molecule has 0 saturated carbocycles. The molecule has 0 bridgehead atoms. The highest BCUT2D eigenvalue weighted by Crippen LogP contribution is 2.34. The van der Waals surface area contributed by atoms with Crippen molar-refractivity contribution >= 4 is 22.3 Å². The minimum absolute atomic E-state index is 0.192. The van der Waals surface area contributed by atoms with Crippen molar-refractivity contribution < 1.29 is 9.84 Å². The fourth-order valence-electron chi connectivity index (χ4n) is 2.81. The number of nitrogens with zero attached hydrogens (tertiary/aromatic N) is 2. The van der Waals surface area contributed by atoms with Crippen LogP contribution in [-0.2, 0) is 0 Å². The van der Waals surface area contributed by atoms with Gasteiger partial charge in [-0.25, -0.2) is 0 Å². The van der Waals surface area contributed by atoms with Gasteiger partial charge in [0.15, 0.2) is 0 Å². The molecule has 2 N–H and O–H groups in total. The second-order valence-corrected chi connectivity index (χ2v) is 5.87. The monoisotopic (exact) mass is 343 g/mol. The van der Waals surface area contributed by atoms with Gasteiger partial charge in [-0.1, -0.05) is 24.3 Å². The molecule has 5 nitrogen and oxygen atoms in total. The minimum Gasteiger partial charge on any atom is -0.507 e. The van der Waals surface area contributed by atoms with Gasteiger partial charge in [0.25, 0.3) is 0 Å². The first-order chi connectivity index (χ1) is 12.7. The molecule has 0 aliphatic heterocycles. The first-order valence-electron chi connectivity index (χ1n) is 8.20. The zero-order chi connectivity index (χ0) is 17.9. The number of phenolic OH excluding ortho intramolecular Hbond substituents is 1. The van der Waals surface area contributed by atoms with Crippen LogP contribution in [0.2, 0.25) is 0 Å². The number of aromatic amines is 1. The van der Waals surface area contributed by atoms with Gasteiger partial charge in [-0.15, -0.1) is 0 Å². The molecular formula is C21H17N3O2. The van der Waals surface area contributed by atoms with E-state index in [0.717, 1.165) is 22.3 Å². The maximum absolute atomic E-state index is 10.3. The lowest BCUT2D eigenvalue weighted by molar-refractivity contribution is 0.415. The van der Waals surface area contributed by atoms with Crippen LogP contribution in [-0.4, -0.2) is 17.2 Å². The second kappa shape index (κ2) is 6.72. The third-order valence-electron chi connectivity index (χ3n) is 4.13. The number of methoxy groups -OCH3 is 1. The first-order valence-corrected chi connectivity index (χ1v) is 8.20. The summed E-state index contributed by atoms with van der Waals surface area (Å²) in [5.41, 5.74) is 3.89. The van der Waals surface area contributed by atoms with Gasteiger partial charge in [0.2, 0.25) is 0 Å². The highest BCUT2D eigenvalue weighted by atomic mass is 16.5. The Balaban J connectivity index is 1.68. The van der Waals surface area contributed by atoms with E-state index in [1.165, 1.54) is 0 Å². The van der Waals surface area contributed by atoms with Crippen LogP contribution < -0.4 is 4.74 Å². The number of azo groups is 1. The number of hydrogen-bond acceptors (Lipinski definition) is 4. The Morgan fingerprint density at radius 2 is 1.65 bits per heavy atom. The van der Waals surface area contributed by atoms with Gasteiger partial charge in [-0.3, -0.25) is 0 Å². The molecule has 0 unspecified atom stereocenters. The SMILES string of the molecule is COc1cccc(N=Nc2ccc(O)c(-c3cc4ccccc4[nH]3)c2)c1. The number of H-pyrrole nitrogens is 1. The number of aromatic hydroxyl groups is 1. The molecule has 0 saturated heterocycles. The number of nitrogens with one attached hydrogen (secondary N) is 1. The number of ether oxygens (including phenoxy) is 1. The molecule has 0 atom stereocenters. The number of phenols is 1. The Morgan fingerprint density at radius 3 is 2.46 bits per heavy atom. The third kappa shape index (κ3) is 3.15. The van der Waals surface area contributed by atoms with Crippen molar-refractivity contribution in [3.05, 3.63) is 72.8 Å². The van der Waals surface area contributed by atoms with E-state index >= 15 is 0 Å². The summed E-state index contributed by atoms with van der Waals surface area (Å²) in [5, 5.41) is 19.9. The number of aromatic nitrogens is 1. The van der Waals surface area contributed by atoms with E-state index in [9.17, 15) is 5.11 Å². The van der Waals surface area contributed by atoms with Crippen LogP contribution >= 0.6 is 0 Å². The molecule has 5 heteroatoms. The molecule has 128 valence electrons. The number of fused-ring (bicyclic) bond motifs is 1. The molecule has 4 aromatic rings. The smallest absolute Gasteiger partial charge is 0.125 e. The summed E-state index contributed by atoms with van der Waals surface area (Å²) < 4.78 is 5.19. The number of hydrogen-bond donors (Lipinski definition) is 2. The quantitative estimate of drug-likeness (QED) is 0.448. The molecule has 3 aromatic carbocycles. The standard InChI is InChI=1S/C21H17N3O2/c1-26-17-7-4-6-15(12-17)23-24-16-9-10-21(25)18(13-16)20-11-14-5-2-3-8-19(14)22-20/h2-13,22,25H,1H3. The van der Waals surface area contributed by atoms with E-state index in [0.29, 0.717) is 16.9 Å². The van der Waals surface area contributed by atoms with Crippen molar-refractivity contribution in [1.29, 1.82) is 0 Å². The maximum atomic E-state index is 10.3. The average Bonchev–Trinajstić information content (AvgIpc) is 3.11. The lowest BCUT2D eigenvalue weighted by Gasteiger charge is -2.03. The second-order valence-electron chi connectivity index (χ2n) is 5.87. The fourth-order valence-corrected chi connectivity index (χ4v) is 2.81. The normalized spacial score (nSPS) is 11.3. The van der Waals surface area contributed by atoms with E-state index in [1.54, 1.807) is 19.2 Å². The van der Waals surface area contributed by atoms with Crippen LogP contribution in [0, 0.1) is 0 Å². The highest BCUT2D eigenvalue weighted by Gasteiger charge is 2.09. The van der Waals surface area contributed by atoms with Crippen molar-refractivity contribution in [2.75, 3.05) is 7.11 Å². The lowest BCUT2D eigenvalue weighted by Crippen LogP contribution is -1.80. The zero-order valence-electron chi connectivity index (χ0n) is 14.2. The van der Waals surface area contributed by atoms with Crippen molar-refractivity contribution in [2.45, 2.75) is 0 Å². The van der Waals surface area contributed by atoms with Crippen LogP contribution in [0.1, 0.15) is 0 Å². The van der Waals surface area contributed by atoms with E-state index in [-0.39, 0.29) is 5.75 Å². The molecule has 1 aromatic heterocycles. The largest absolute Gasteiger partial charge is 0.507 e. The van der Waals surface area contributed by atoms with Crippen LogP contribution in [0.25, 0.3) is 22.2 Å². The molecular weight excluding hydrogens is 326 g/mol. The predicted octanol–water partition coefficient (Wildman–Crippen LogP) is 5.96. The summed E-state index contributed by atoms with van der Waals surface area (Å²) >= 11 is 0. The molecule has 4 rings (SSSR count). The summed E-state index contributed by atoms with van der Waals surface area (Å²) in [6.07, 6.45) is 0. The van der Waals surface area contributed by atoms with Gasteiger partial charge in [0.05, 0.1) is 24.2 Å². The Labute approximate surface area is 150 Å². The Bertz CT molecular complexity index is 1070. The molecule has 0 aliphatic carbocycles. The van der Waals surface area contributed by atoms with Gasteiger partial charge in [0, 0.05) is 22.5 Å². The Hall–Kier alpha value is -3.60. The van der Waals surface area contributed by atoms with Crippen molar-refractivity contribution in [2.24, 2.45) is 10.2 Å². The number of benzene rings is 3. The molecule has 1 heterocycles. The van der Waals surface area contributed by atoms with E-state index in [1.807, 2.05) is 60.7 Å². The molecule has 0 radical (unpaired) electrons. The van der Waals surface area contributed by atoms with E-state index in [4.69, 9.17) is 4.74 Å². The van der Waals surface area contributed by atoms with Crippen molar-refractivity contribution in [1.82, 2.24) is 4.98 Å². The topological polar surface area (TPSA) is 70.0 Å². The first kappa shape index (κ1) is 15.9. The summed E-state index contributed by atoms with van der Waals surface area (Å²) in [5.74, 6) is 0.919. The third-order valence-corrected chi connectivity index (χ3v) is 4.13. The summed E-state index contributed by atoms with van der Waals surface area (Å²) in [7, 11) is 1.61. The van der Waals surface area contributed by atoms with E-state index in [2.05, 4.69) is 15.2 Å². The maximum Gasteiger partial charge on any atom is 0.125 e. The van der Waals surface area contributed by atoms with E-state index < -0.39 is 0 Å². The average molecular weight is 343 g/mol. The Morgan fingerprint density at radius 1 is 0.846 bits per heavy atom. The van der Waals surface area contributed by atoms with Crippen molar-refractivity contribution in [3.8, 4) is 22.8 Å². The van der Waals surface area contributed by atoms with Crippen LogP contribution in [0.4, 0.5) is 11.4 Å². The van der Waals surface area contributed by atoms with Gasteiger partial charge in [-0.2, -0.15) is 10.2 Å². The molecule has 0 fully saturated rings. The highest BCUT2D eigenvalue weighted by molar-refractivity contribution is 5.87. The Kier molecular flexibility index (Phi) is 4.11. The number of rotatable bonds is 4. The van der Waals surface area contributed by atoms with Crippen LogP contribution in [0.15, 0.2) is 83.0 Å². The fraction of sp³-hybridized carbons (Fsp3) is 0.0476. The lowest BCUT2D eigenvalue weighted by atomic mass is 10.1. The summed E-state index contributed by atoms with van der Waals surface area (Å²) in [6, 6.07) is 22.5. The summed E-state index contributed by atoms with van der Waals surface area (Å²) in [4.78, 5) is 3.32. The van der Waals surface area contributed by atoms with Gasteiger partial charge in [-0.05, 0) is 42.5 Å². The molecule has 0 spiro atoms. The van der Waals surface area contributed by atoms with Crippen LogP contribution in [0.5, 0.6) is 11.5 Å². The summed E-state index contributed by atoms with van der Waals surface area (Å²) in [6.45, 7) is 0. The van der Waals surface area contributed by atoms with Crippen LogP contribution in [0.3, 0.4) is 0 Å². The number of para-hydroxylation sites is 1. The van der Waals surface area contributed by atoms with Gasteiger partial charge >= 0.3 is 0 Å². The van der Waals surface area contributed by atoms with Gasteiger partial charge in [0.1, 0.15) is 11.5 Å². The van der Waals surface area contributed by atoms with Gasteiger partial charge < -0.3 is 14.8 Å². The molecule has 26 heavy (non-hydrogen) atoms. The zero-order valence-corrected chi connectivity index (χ0v) is 14.2. The predicted molar refractivity (Wildman–Crippen MR) is 103 cm³/mol. The van der Waals surface area contributed by atoms with Crippen molar-refractivity contribution in [3.63, 3.8) is 0 Å².